The van der Waals surface area contributed by atoms with Crippen LogP contribution in [-0.4, -0.2) is 48.8 Å². The van der Waals surface area contributed by atoms with E-state index in [9.17, 15) is 19.8 Å². The van der Waals surface area contributed by atoms with E-state index in [-0.39, 0.29) is 42.2 Å². The Morgan fingerprint density at radius 1 is 1.06 bits per heavy atom. The van der Waals surface area contributed by atoms with Crippen LogP contribution in [0.4, 0.5) is 0 Å². The molecule has 4 rings (SSSR count). The Labute approximate surface area is 185 Å². The molecule has 0 aliphatic heterocycles. The van der Waals surface area contributed by atoms with Gasteiger partial charge in [-0.25, -0.2) is 0 Å². The van der Waals surface area contributed by atoms with E-state index in [1.54, 1.807) is 31.2 Å². The van der Waals surface area contributed by atoms with Crippen molar-refractivity contribution in [1.82, 2.24) is 0 Å². The monoisotopic (exact) mass is 442 g/mol. The van der Waals surface area contributed by atoms with E-state index in [1.165, 1.54) is 7.11 Å². The molecule has 0 amide bonds. The Balaban J connectivity index is 1.79. The molecule has 1 saturated carbocycles. The fraction of sp³-hybridized carbons (Fsp3) is 0.417. The third-order valence-electron chi connectivity index (χ3n) is 5.94. The van der Waals surface area contributed by atoms with Crippen LogP contribution in [0.5, 0.6) is 17.2 Å². The molecule has 0 bridgehead atoms. The standard InChI is InChI=1S/C24H26O8/c1-3-30-22(26)24(11-12-24)13-31-20-17(8-10-19(29-2)21(20)32-23(27)28)14-5-4-6-16-15(14)7-9-18(16)25/h4-6,8,10,23,27-28H,3,7,9,11-13H2,1-2H3. The van der Waals surface area contributed by atoms with Crippen LogP contribution < -0.4 is 14.2 Å². The van der Waals surface area contributed by atoms with Gasteiger partial charge in [-0.15, -0.1) is 0 Å². The Hall–Kier alpha value is -3.10. The van der Waals surface area contributed by atoms with Gasteiger partial charge in [0.25, 0.3) is 0 Å². The fourth-order valence-corrected chi connectivity index (χ4v) is 4.07. The molecule has 0 spiro atoms. The molecule has 8 heteroatoms. The number of carbonyl (C=O) groups excluding carboxylic acids is 2. The van der Waals surface area contributed by atoms with Gasteiger partial charge in [0.2, 0.25) is 5.75 Å². The first kappa shape index (κ1) is 22.1. The van der Waals surface area contributed by atoms with E-state index in [0.717, 1.165) is 11.1 Å². The molecule has 0 radical (unpaired) electrons. The molecule has 2 aromatic rings. The minimum Gasteiger partial charge on any atom is -0.493 e. The zero-order chi connectivity index (χ0) is 22.9. The number of ketones is 1. The Bertz CT molecular complexity index is 1040. The van der Waals surface area contributed by atoms with Crippen LogP contribution in [-0.2, 0) is 16.0 Å². The predicted molar refractivity (Wildman–Crippen MR) is 114 cm³/mol. The lowest BCUT2D eigenvalue weighted by atomic mass is 9.95. The number of methoxy groups -OCH3 is 1. The van der Waals surface area contributed by atoms with Crippen molar-refractivity contribution in [2.45, 2.75) is 39.1 Å². The quantitative estimate of drug-likeness (QED) is 0.450. The van der Waals surface area contributed by atoms with Gasteiger partial charge in [-0.3, -0.25) is 9.59 Å². The van der Waals surface area contributed by atoms with Crippen LogP contribution >= 0.6 is 0 Å². The van der Waals surface area contributed by atoms with E-state index < -0.39 is 11.9 Å². The molecule has 2 aliphatic carbocycles. The Morgan fingerprint density at radius 3 is 2.47 bits per heavy atom. The summed E-state index contributed by atoms with van der Waals surface area (Å²) >= 11 is 0. The average molecular weight is 442 g/mol. The SMILES string of the molecule is CCOC(=O)C1(COc2c(-c3cccc4c3CCC4=O)ccc(OC)c2OC(O)O)CC1. The second-order valence-corrected chi connectivity index (χ2v) is 7.96. The highest BCUT2D eigenvalue weighted by molar-refractivity contribution is 6.02. The second kappa shape index (κ2) is 8.80. The summed E-state index contributed by atoms with van der Waals surface area (Å²) in [7, 11) is 1.43. The van der Waals surface area contributed by atoms with Crippen molar-refractivity contribution >= 4 is 11.8 Å². The number of fused-ring (bicyclic) bond motifs is 1. The van der Waals surface area contributed by atoms with Crippen LogP contribution in [0.3, 0.4) is 0 Å². The van der Waals surface area contributed by atoms with Crippen molar-refractivity contribution in [2.75, 3.05) is 20.3 Å². The molecule has 8 nitrogen and oxygen atoms in total. The van der Waals surface area contributed by atoms with Gasteiger partial charge in [-0.1, -0.05) is 18.2 Å². The Kier molecular flexibility index (Phi) is 6.08. The fourth-order valence-electron chi connectivity index (χ4n) is 4.07. The number of rotatable bonds is 9. The highest BCUT2D eigenvalue weighted by Gasteiger charge is 2.52. The summed E-state index contributed by atoms with van der Waals surface area (Å²) < 4.78 is 21.9. The summed E-state index contributed by atoms with van der Waals surface area (Å²) in [6, 6.07) is 8.88. The number of ether oxygens (including phenoxy) is 4. The molecular weight excluding hydrogens is 416 g/mol. The summed E-state index contributed by atoms with van der Waals surface area (Å²) in [4.78, 5) is 24.7. The number of hydrogen-bond donors (Lipinski definition) is 2. The van der Waals surface area contributed by atoms with E-state index in [1.807, 2.05) is 6.07 Å². The van der Waals surface area contributed by atoms with E-state index in [4.69, 9.17) is 18.9 Å². The molecule has 32 heavy (non-hydrogen) atoms. The number of benzene rings is 2. The predicted octanol–water partition coefficient (Wildman–Crippen LogP) is 2.86. The number of esters is 1. The van der Waals surface area contributed by atoms with Gasteiger partial charge in [0.15, 0.2) is 17.3 Å². The van der Waals surface area contributed by atoms with Crippen molar-refractivity contribution in [2.24, 2.45) is 5.41 Å². The smallest absolute Gasteiger partial charge is 0.315 e. The molecular formula is C24H26O8. The lowest BCUT2D eigenvalue weighted by molar-refractivity contribution is -0.180. The number of aliphatic hydroxyl groups is 2. The first-order chi connectivity index (χ1) is 15.4. The van der Waals surface area contributed by atoms with E-state index >= 15 is 0 Å². The third-order valence-corrected chi connectivity index (χ3v) is 5.94. The van der Waals surface area contributed by atoms with Crippen LogP contribution in [0, 0.1) is 5.41 Å². The van der Waals surface area contributed by atoms with Gasteiger partial charge in [-0.05, 0) is 49.4 Å². The first-order valence-electron chi connectivity index (χ1n) is 10.6. The molecule has 170 valence electrons. The molecule has 0 unspecified atom stereocenters. The summed E-state index contributed by atoms with van der Waals surface area (Å²) in [5.74, 6) is 0.212. The molecule has 2 aromatic carbocycles. The zero-order valence-corrected chi connectivity index (χ0v) is 18.1. The molecule has 2 N–H and O–H groups in total. The third kappa shape index (κ3) is 4.03. The maximum Gasteiger partial charge on any atom is 0.315 e. The minimum absolute atomic E-state index is 0.00147. The zero-order valence-electron chi connectivity index (χ0n) is 18.1. The average Bonchev–Trinajstić information content (AvgIpc) is 3.48. The summed E-state index contributed by atoms with van der Waals surface area (Å²) in [5, 5.41) is 19.0. The number of carbonyl (C=O) groups is 2. The topological polar surface area (TPSA) is 112 Å². The van der Waals surface area contributed by atoms with Crippen molar-refractivity contribution in [1.29, 1.82) is 0 Å². The molecule has 0 aromatic heterocycles. The van der Waals surface area contributed by atoms with E-state index in [2.05, 4.69) is 0 Å². The number of hydrogen-bond acceptors (Lipinski definition) is 8. The van der Waals surface area contributed by atoms with Gasteiger partial charge in [0.1, 0.15) is 12.0 Å². The number of Topliss-reactive ketones (excluding diaryl/α,β-unsaturated/α-hetero) is 1. The van der Waals surface area contributed by atoms with Gasteiger partial charge in [-0.2, -0.15) is 0 Å². The van der Waals surface area contributed by atoms with Gasteiger partial charge >= 0.3 is 12.4 Å². The van der Waals surface area contributed by atoms with Gasteiger partial charge < -0.3 is 29.2 Å². The van der Waals surface area contributed by atoms with Crippen molar-refractivity contribution in [3.63, 3.8) is 0 Å². The van der Waals surface area contributed by atoms with Crippen LogP contribution in [0.25, 0.3) is 11.1 Å². The molecule has 0 saturated heterocycles. The lowest BCUT2D eigenvalue weighted by Crippen LogP contribution is -2.26. The second-order valence-electron chi connectivity index (χ2n) is 7.96. The highest BCUT2D eigenvalue weighted by Crippen LogP contribution is 2.51. The van der Waals surface area contributed by atoms with Gasteiger partial charge in [0.05, 0.1) is 13.7 Å². The summed E-state index contributed by atoms with van der Waals surface area (Å²) in [6.45, 7) is -0.0386. The van der Waals surface area contributed by atoms with Crippen molar-refractivity contribution < 1.29 is 38.7 Å². The summed E-state index contributed by atoms with van der Waals surface area (Å²) in [6.07, 6.45) is 2.31. The van der Waals surface area contributed by atoms with Crippen molar-refractivity contribution in [3.05, 3.63) is 41.5 Å². The van der Waals surface area contributed by atoms with Crippen molar-refractivity contribution in [3.8, 4) is 28.4 Å². The van der Waals surface area contributed by atoms with Gasteiger partial charge in [0, 0.05) is 17.5 Å². The first-order valence-corrected chi connectivity index (χ1v) is 10.6. The number of aliphatic hydroxyl groups excluding tert-OH is 1. The maximum atomic E-state index is 12.4. The molecule has 2 aliphatic rings. The highest BCUT2D eigenvalue weighted by atomic mass is 16.7. The lowest BCUT2D eigenvalue weighted by Gasteiger charge is -2.22. The van der Waals surface area contributed by atoms with Crippen LogP contribution in [0.1, 0.15) is 42.1 Å². The van der Waals surface area contributed by atoms with E-state index in [0.29, 0.717) is 36.8 Å². The molecule has 0 atom stereocenters. The molecule has 0 heterocycles. The normalized spacial score (nSPS) is 16.0. The summed E-state index contributed by atoms with van der Waals surface area (Å²) in [5.41, 5.74) is 2.21. The minimum atomic E-state index is -2.11. The maximum absolute atomic E-state index is 12.4. The van der Waals surface area contributed by atoms with Crippen LogP contribution in [0.2, 0.25) is 0 Å². The van der Waals surface area contributed by atoms with Crippen LogP contribution in [0.15, 0.2) is 30.3 Å². The molecule has 1 fully saturated rings. The Morgan fingerprint density at radius 2 is 1.81 bits per heavy atom. The largest absolute Gasteiger partial charge is 0.493 e.